The van der Waals surface area contributed by atoms with Crippen molar-refractivity contribution in [3.63, 3.8) is 0 Å². The van der Waals surface area contributed by atoms with Crippen LogP contribution in [0.15, 0.2) is 0 Å². The van der Waals surface area contributed by atoms with E-state index in [9.17, 15) is 14.4 Å². The number of carbonyl (C=O) groups excluding carboxylic acids is 3. The maximum Gasteiger partial charge on any atom is 0.328 e. The van der Waals surface area contributed by atoms with Gasteiger partial charge < -0.3 is 15.4 Å². The highest BCUT2D eigenvalue weighted by molar-refractivity contribution is 5.84. The molecule has 2 amide bonds. The van der Waals surface area contributed by atoms with Gasteiger partial charge in [0.05, 0.1) is 6.61 Å². The van der Waals surface area contributed by atoms with Crippen molar-refractivity contribution in [1.82, 2.24) is 10.6 Å². The van der Waals surface area contributed by atoms with Crippen LogP contribution in [0.2, 0.25) is 0 Å². The molecule has 0 aliphatic rings. The number of ether oxygens (including phenoxy) is 1. The van der Waals surface area contributed by atoms with E-state index in [1.54, 1.807) is 6.92 Å². The zero-order chi connectivity index (χ0) is 24.6. The van der Waals surface area contributed by atoms with Crippen LogP contribution in [-0.4, -0.2) is 37.0 Å². The van der Waals surface area contributed by atoms with Crippen molar-refractivity contribution in [2.24, 2.45) is 0 Å². The smallest absolute Gasteiger partial charge is 0.328 e. The van der Waals surface area contributed by atoms with Crippen LogP contribution >= 0.6 is 0 Å². The number of nitrogens with one attached hydrogen (secondary N) is 2. The first-order valence-electron chi connectivity index (χ1n) is 13.8. The van der Waals surface area contributed by atoms with Gasteiger partial charge >= 0.3 is 5.97 Å². The molecular formula is C27H52N2O4. The molecule has 1 atom stereocenters. The zero-order valence-electron chi connectivity index (χ0n) is 21.9. The molecule has 0 aromatic rings. The van der Waals surface area contributed by atoms with E-state index in [1.165, 1.54) is 44.9 Å². The maximum atomic E-state index is 12.2. The van der Waals surface area contributed by atoms with Gasteiger partial charge in [-0.05, 0) is 39.0 Å². The number of hydrogen-bond donors (Lipinski definition) is 2. The molecule has 0 saturated heterocycles. The van der Waals surface area contributed by atoms with E-state index in [4.69, 9.17) is 4.74 Å². The number of carbonyl (C=O) groups is 3. The molecule has 0 aromatic carbocycles. The molecule has 0 aliphatic heterocycles. The van der Waals surface area contributed by atoms with Crippen molar-refractivity contribution < 1.29 is 19.1 Å². The van der Waals surface area contributed by atoms with E-state index >= 15 is 0 Å². The first kappa shape index (κ1) is 31.4. The van der Waals surface area contributed by atoms with Gasteiger partial charge in [-0.2, -0.15) is 0 Å². The van der Waals surface area contributed by atoms with Gasteiger partial charge in [0.25, 0.3) is 0 Å². The van der Waals surface area contributed by atoms with Crippen LogP contribution in [0.25, 0.3) is 0 Å². The standard InChI is InChI=1S/C27H52N2O4/c1-4-7-9-11-12-13-14-15-17-21-25(30)28-23-19-18-20-24(27(32)33-6-3)29-26(31)22-16-10-8-5-2/h24H,4-23H2,1-3H3,(H,28,30)(H,29,31). The molecular weight excluding hydrogens is 416 g/mol. The Kier molecular flexibility index (Phi) is 22.4. The number of esters is 1. The maximum absolute atomic E-state index is 12.2. The SMILES string of the molecule is CCCCCCCCCCCC(=O)NCCCCC(NC(=O)CCCCCC)C(=O)OCC. The molecule has 0 heterocycles. The first-order chi connectivity index (χ1) is 16.0. The predicted molar refractivity (Wildman–Crippen MR) is 136 cm³/mol. The summed E-state index contributed by atoms with van der Waals surface area (Å²) in [5.41, 5.74) is 0. The summed E-state index contributed by atoms with van der Waals surface area (Å²) in [5, 5.41) is 5.81. The lowest BCUT2D eigenvalue weighted by molar-refractivity contribution is -0.147. The molecule has 0 rings (SSSR count). The molecule has 0 spiro atoms. The summed E-state index contributed by atoms with van der Waals surface area (Å²) < 4.78 is 5.12. The summed E-state index contributed by atoms with van der Waals surface area (Å²) in [7, 11) is 0. The van der Waals surface area contributed by atoms with Gasteiger partial charge in [0.15, 0.2) is 0 Å². The Labute approximate surface area is 203 Å². The second kappa shape index (κ2) is 23.6. The van der Waals surface area contributed by atoms with Crippen molar-refractivity contribution in [2.75, 3.05) is 13.2 Å². The van der Waals surface area contributed by atoms with E-state index in [1.807, 2.05) is 0 Å². The Balaban J connectivity index is 3.89. The van der Waals surface area contributed by atoms with Crippen LogP contribution in [0.4, 0.5) is 0 Å². The molecule has 1 unspecified atom stereocenters. The minimum Gasteiger partial charge on any atom is -0.464 e. The Morgan fingerprint density at radius 2 is 1.15 bits per heavy atom. The third-order valence-electron chi connectivity index (χ3n) is 5.91. The van der Waals surface area contributed by atoms with Gasteiger partial charge in [-0.1, -0.05) is 84.5 Å². The van der Waals surface area contributed by atoms with Crippen LogP contribution in [0, 0.1) is 0 Å². The van der Waals surface area contributed by atoms with E-state index in [2.05, 4.69) is 24.5 Å². The summed E-state index contributed by atoms with van der Waals surface area (Å²) in [6.45, 7) is 7.05. The minimum absolute atomic E-state index is 0.0848. The highest BCUT2D eigenvalue weighted by Gasteiger charge is 2.21. The molecule has 0 saturated carbocycles. The van der Waals surface area contributed by atoms with Gasteiger partial charge in [-0.15, -0.1) is 0 Å². The monoisotopic (exact) mass is 468 g/mol. The minimum atomic E-state index is -0.596. The molecule has 194 valence electrons. The number of unbranched alkanes of at least 4 members (excludes halogenated alkanes) is 12. The van der Waals surface area contributed by atoms with Gasteiger partial charge in [-0.3, -0.25) is 9.59 Å². The zero-order valence-corrected chi connectivity index (χ0v) is 21.9. The van der Waals surface area contributed by atoms with Gasteiger partial charge in [0.2, 0.25) is 11.8 Å². The van der Waals surface area contributed by atoms with Crippen molar-refractivity contribution >= 4 is 17.8 Å². The molecule has 6 heteroatoms. The lowest BCUT2D eigenvalue weighted by Crippen LogP contribution is -2.41. The highest BCUT2D eigenvalue weighted by Crippen LogP contribution is 2.11. The molecule has 6 nitrogen and oxygen atoms in total. The van der Waals surface area contributed by atoms with Crippen molar-refractivity contribution in [2.45, 2.75) is 142 Å². The molecule has 0 fully saturated rings. The summed E-state index contributed by atoms with van der Waals surface area (Å²) in [6, 6.07) is -0.596. The third kappa shape index (κ3) is 20.7. The van der Waals surface area contributed by atoms with Crippen molar-refractivity contribution in [3.8, 4) is 0 Å². The summed E-state index contributed by atoms with van der Waals surface area (Å²) in [4.78, 5) is 36.3. The first-order valence-corrected chi connectivity index (χ1v) is 13.8. The molecule has 0 aromatic heterocycles. The van der Waals surface area contributed by atoms with Gasteiger partial charge in [-0.25, -0.2) is 4.79 Å². The predicted octanol–water partition coefficient (Wildman–Crippen LogP) is 6.21. The summed E-state index contributed by atoms with van der Waals surface area (Å²) in [6.07, 6.45) is 18.5. The van der Waals surface area contributed by atoms with E-state index in [0.29, 0.717) is 32.4 Å². The second-order valence-electron chi connectivity index (χ2n) is 9.11. The quantitative estimate of drug-likeness (QED) is 0.138. The average molecular weight is 469 g/mol. The summed E-state index contributed by atoms with van der Waals surface area (Å²) >= 11 is 0. The average Bonchev–Trinajstić information content (AvgIpc) is 2.80. The van der Waals surface area contributed by atoms with Crippen LogP contribution < -0.4 is 10.6 Å². The second-order valence-corrected chi connectivity index (χ2v) is 9.11. The topological polar surface area (TPSA) is 84.5 Å². The Morgan fingerprint density at radius 1 is 0.636 bits per heavy atom. The third-order valence-corrected chi connectivity index (χ3v) is 5.91. The largest absolute Gasteiger partial charge is 0.464 e. The van der Waals surface area contributed by atoms with Crippen LogP contribution in [-0.2, 0) is 19.1 Å². The Hall–Kier alpha value is -1.59. The number of hydrogen-bond acceptors (Lipinski definition) is 4. The van der Waals surface area contributed by atoms with Crippen LogP contribution in [0.3, 0.4) is 0 Å². The normalized spacial score (nSPS) is 11.7. The number of rotatable bonds is 23. The van der Waals surface area contributed by atoms with E-state index in [-0.39, 0.29) is 17.8 Å². The molecule has 0 radical (unpaired) electrons. The van der Waals surface area contributed by atoms with Crippen LogP contribution in [0.5, 0.6) is 0 Å². The molecule has 0 bridgehead atoms. The van der Waals surface area contributed by atoms with Gasteiger partial charge in [0.1, 0.15) is 6.04 Å². The molecule has 33 heavy (non-hydrogen) atoms. The van der Waals surface area contributed by atoms with Crippen molar-refractivity contribution in [3.05, 3.63) is 0 Å². The fraction of sp³-hybridized carbons (Fsp3) is 0.889. The molecule has 0 aliphatic carbocycles. The van der Waals surface area contributed by atoms with Crippen LogP contribution in [0.1, 0.15) is 136 Å². The lowest BCUT2D eigenvalue weighted by Gasteiger charge is -2.17. The van der Waals surface area contributed by atoms with Crippen molar-refractivity contribution in [1.29, 1.82) is 0 Å². The lowest BCUT2D eigenvalue weighted by atomic mass is 10.1. The highest BCUT2D eigenvalue weighted by atomic mass is 16.5. The number of amides is 2. The fourth-order valence-electron chi connectivity index (χ4n) is 3.86. The van der Waals surface area contributed by atoms with E-state index < -0.39 is 6.04 Å². The van der Waals surface area contributed by atoms with Gasteiger partial charge in [0, 0.05) is 19.4 Å². The van der Waals surface area contributed by atoms with E-state index in [0.717, 1.165) is 51.4 Å². The molecule has 2 N–H and O–H groups in total. The Morgan fingerprint density at radius 3 is 1.73 bits per heavy atom. The Bertz CT molecular complexity index is 497. The summed E-state index contributed by atoms with van der Waals surface area (Å²) in [5.74, 6) is -0.340. The fourth-order valence-corrected chi connectivity index (χ4v) is 3.86.